The van der Waals surface area contributed by atoms with Crippen LogP contribution < -0.4 is 4.74 Å². The fraction of sp³-hybridized carbons (Fsp3) is 0.167. The summed E-state index contributed by atoms with van der Waals surface area (Å²) in [5.41, 5.74) is 3.88. The van der Waals surface area contributed by atoms with Gasteiger partial charge >= 0.3 is 0 Å². The van der Waals surface area contributed by atoms with E-state index < -0.39 is 0 Å². The molecule has 0 bridgehead atoms. The van der Waals surface area contributed by atoms with Crippen LogP contribution in [0.25, 0.3) is 10.9 Å². The van der Waals surface area contributed by atoms with E-state index >= 15 is 0 Å². The highest BCUT2D eigenvalue weighted by Gasteiger charge is 2.08. The Morgan fingerprint density at radius 3 is 2.68 bits per heavy atom. The molecule has 2 aromatic carbocycles. The number of benzene rings is 2. The zero-order valence-electron chi connectivity index (χ0n) is 12.6. The first-order chi connectivity index (χ1) is 10.7. The number of methoxy groups -OCH3 is 1. The van der Waals surface area contributed by atoms with Crippen molar-refractivity contribution in [3.05, 3.63) is 59.2 Å². The number of hydrogen-bond donors (Lipinski definition) is 2. The lowest BCUT2D eigenvalue weighted by Crippen LogP contribution is -1.86. The largest absolute Gasteiger partial charge is 0.497 e. The number of aryl methyl sites for hydroxylation is 1. The van der Waals surface area contributed by atoms with Crippen molar-refractivity contribution in [3.63, 3.8) is 0 Å². The second kappa shape index (κ2) is 5.93. The summed E-state index contributed by atoms with van der Waals surface area (Å²) in [5.74, 6) is 0.983. The van der Waals surface area contributed by atoms with Gasteiger partial charge in [-0.15, -0.1) is 0 Å². The first-order valence-electron chi connectivity index (χ1n) is 7.11. The average Bonchev–Trinajstić information content (AvgIpc) is 2.83. The topological polar surface area (TPSA) is 57.6 Å². The lowest BCUT2D eigenvalue weighted by Gasteiger charge is -2.00. The monoisotopic (exact) mass is 294 g/mol. The van der Waals surface area contributed by atoms with Gasteiger partial charge in [-0.1, -0.05) is 23.8 Å². The van der Waals surface area contributed by atoms with E-state index in [-0.39, 0.29) is 5.88 Å². The molecule has 1 aromatic heterocycles. The first kappa shape index (κ1) is 14.2. The van der Waals surface area contributed by atoms with E-state index in [0.29, 0.717) is 6.54 Å². The Labute approximate surface area is 129 Å². The molecule has 1 heterocycles. The third kappa shape index (κ3) is 2.81. The summed E-state index contributed by atoms with van der Waals surface area (Å²) in [6.45, 7) is 2.59. The molecule has 0 amide bonds. The summed E-state index contributed by atoms with van der Waals surface area (Å²) in [6, 6.07) is 13.8. The van der Waals surface area contributed by atoms with Crippen molar-refractivity contribution >= 4 is 17.1 Å². The predicted molar refractivity (Wildman–Crippen MR) is 89.0 cm³/mol. The Kier molecular flexibility index (Phi) is 3.83. The SMILES string of the molecule is COc1ccc(CN=Cc2c(O)[nH]c3ccc(C)cc23)cc1. The Balaban J connectivity index is 1.82. The van der Waals surface area contributed by atoms with E-state index in [1.54, 1.807) is 13.3 Å². The minimum atomic E-state index is 0.152. The highest BCUT2D eigenvalue weighted by molar-refractivity contribution is 6.02. The zero-order valence-corrected chi connectivity index (χ0v) is 12.6. The van der Waals surface area contributed by atoms with Crippen molar-refractivity contribution in [1.29, 1.82) is 0 Å². The van der Waals surface area contributed by atoms with Crippen LogP contribution in [0.1, 0.15) is 16.7 Å². The molecule has 112 valence electrons. The van der Waals surface area contributed by atoms with E-state index in [2.05, 4.69) is 9.98 Å². The summed E-state index contributed by atoms with van der Waals surface area (Å²) in [4.78, 5) is 7.40. The number of aromatic amines is 1. The molecule has 0 aliphatic rings. The summed E-state index contributed by atoms with van der Waals surface area (Å²) < 4.78 is 5.13. The number of ether oxygens (including phenoxy) is 1. The summed E-state index contributed by atoms with van der Waals surface area (Å²) in [6.07, 6.45) is 1.72. The molecular weight excluding hydrogens is 276 g/mol. The van der Waals surface area contributed by atoms with Gasteiger partial charge in [0.2, 0.25) is 0 Å². The van der Waals surface area contributed by atoms with E-state index in [4.69, 9.17) is 4.74 Å². The lowest BCUT2D eigenvalue weighted by molar-refractivity contribution is 0.414. The quantitative estimate of drug-likeness (QED) is 0.719. The van der Waals surface area contributed by atoms with Gasteiger partial charge in [0.05, 0.1) is 19.2 Å². The van der Waals surface area contributed by atoms with Gasteiger partial charge in [-0.05, 0) is 36.8 Å². The molecule has 0 saturated carbocycles. The van der Waals surface area contributed by atoms with Crippen molar-refractivity contribution in [2.45, 2.75) is 13.5 Å². The minimum absolute atomic E-state index is 0.152. The van der Waals surface area contributed by atoms with Crippen LogP contribution in [-0.2, 0) is 6.54 Å². The molecule has 0 unspecified atom stereocenters. The van der Waals surface area contributed by atoms with Crippen LogP contribution >= 0.6 is 0 Å². The number of hydrogen-bond acceptors (Lipinski definition) is 3. The van der Waals surface area contributed by atoms with Crippen LogP contribution in [0.4, 0.5) is 0 Å². The summed E-state index contributed by atoms with van der Waals surface area (Å²) >= 11 is 0. The van der Waals surface area contributed by atoms with Crippen molar-refractivity contribution in [1.82, 2.24) is 4.98 Å². The van der Waals surface area contributed by atoms with Crippen LogP contribution in [0.2, 0.25) is 0 Å². The predicted octanol–water partition coefficient (Wildman–Crippen LogP) is 3.81. The fourth-order valence-electron chi connectivity index (χ4n) is 2.42. The Bertz CT molecular complexity index is 817. The van der Waals surface area contributed by atoms with Crippen LogP contribution in [0.5, 0.6) is 11.6 Å². The second-order valence-corrected chi connectivity index (χ2v) is 5.25. The van der Waals surface area contributed by atoms with E-state index in [1.165, 1.54) is 0 Å². The van der Waals surface area contributed by atoms with Crippen LogP contribution in [-0.4, -0.2) is 23.4 Å². The molecule has 0 radical (unpaired) electrons. The van der Waals surface area contributed by atoms with E-state index in [1.807, 2.05) is 49.4 Å². The van der Waals surface area contributed by atoms with E-state index in [0.717, 1.165) is 33.3 Å². The Morgan fingerprint density at radius 1 is 1.18 bits per heavy atom. The Hall–Kier alpha value is -2.75. The standard InChI is InChI=1S/C18H18N2O2/c1-12-3-8-17-15(9-12)16(18(21)20-17)11-19-10-13-4-6-14(22-2)7-5-13/h3-9,11,20-21H,10H2,1-2H3. The van der Waals surface area contributed by atoms with Crippen molar-refractivity contribution in [2.24, 2.45) is 4.99 Å². The van der Waals surface area contributed by atoms with Crippen molar-refractivity contribution in [2.75, 3.05) is 7.11 Å². The molecule has 3 aromatic rings. The smallest absolute Gasteiger partial charge is 0.198 e. The molecule has 0 fully saturated rings. The molecule has 2 N–H and O–H groups in total. The second-order valence-electron chi connectivity index (χ2n) is 5.25. The number of nitrogens with zero attached hydrogens (tertiary/aromatic N) is 1. The van der Waals surface area contributed by atoms with Gasteiger partial charge in [0.15, 0.2) is 5.88 Å². The molecule has 0 saturated heterocycles. The molecule has 0 aliphatic heterocycles. The van der Waals surface area contributed by atoms with Crippen molar-refractivity contribution < 1.29 is 9.84 Å². The molecule has 0 atom stereocenters. The van der Waals surface area contributed by atoms with Gasteiger partial charge < -0.3 is 14.8 Å². The molecule has 0 aliphatic carbocycles. The highest BCUT2D eigenvalue weighted by atomic mass is 16.5. The number of fused-ring (bicyclic) bond motifs is 1. The maximum absolute atomic E-state index is 10.0. The number of aliphatic imine (C=N–C) groups is 1. The average molecular weight is 294 g/mol. The third-order valence-corrected chi connectivity index (χ3v) is 3.63. The van der Waals surface area contributed by atoms with Crippen LogP contribution in [0.15, 0.2) is 47.5 Å². The fourth-order valence-corrected chi connectivity index (χ4v) is 2.42. The van der Waals surface area contributed by atoms with Crippen LogP contribution in [0, 0.1) is 6.92 Å². The number of H-pyrrole nitrogens is 1. The van der Waals surface area contributed by atoms with Gasteiger partial charge in [-0.2, -0.15) is 0 Å². The number of aromatic nitrogens is 1. The molecule has 3 rings (SSSR count). The Morgan fingerprint density at radius 2 is 1.95 bits per heavy atom. The normalized spacial score (nSPS) is 11.4. The van der Waals surface area contributed by atoms with Gasteiger partial charge in [0.25, 0.3) is 0 Å². The first-order valence-corrected chi connectivity index (χ1v) is 7.11. The summed E-state index contributed by atoms with van der Waals surface area (Å²) in [7, 11) is 1.65. The summed E-state index contributed by atoms with van der Waals surface area (Å²) in [5, 5.41) is 11.0. The lowest BCUT2D eigenvalue weighted by atomic mass is 10.1. The van der Waals surface area contributed by atoms with Gasteiger partial charge in [0, 0.05) is 17.1 Å². The third-order valence-electron chi connectivity index (χ3n) is 3.63. The maximum atomic E-state index is 10.0. The molecule has 4 heteroatoms. The van der Waals surface area contributed by atoms with Gasteiger partial charge in [-0.25, -0.2) is 0 Å². The van der Waals surface area contributed by atoms with Crippen molar-refractivity contribution in [3.8, 4) is 11.6 Å². The number of rotatable bonds is 4. The zero-order chi connectivity index (χ0) is 15.5. The molecule has 4 nitrogen and oxygen atoms in total. The molecule has 0 spiro atoms. The highest BCUT2D eigenvalue weighted by Crippen LogP contribution is 2.26. The molecular formula is C18H18N2O2. The van der Waals surface area contributed by atoms with Crippen LogP contribution in [0.3, 0.4) is 0 Å². The van der Waals surface area contributed by atoms with E-state index in [9.17, 15) is 5.11 Å². The molecule has 22 heavy (non-hydrogen) atoms. The minimum Gasteiger partial charge on any atom is -0.497 e. The number of aromatic hydroxyl groups is 1. The number of nitrogens with one attached hydrogen (secondary N) is 1. The van der Waals surface area contributed by atoms with Gasteiger partial charge in [0.1, 0.15) is 5.75 Å². The van der Waals surface area contributed by atoms with Gasteiger partial charge in [-0.3, -0.25) is 4.99 Å². The maximum Gasteiger partial charge on any atom is 0.198 e.